The highest BCUT2D eigenvalue weighted by Gasteiger charge is 2.11. The van der Waals surface area contributed by atoms with Gasteiger partial charge < -0.3 is 4.74 Å². The van der Waals surface area contributed by atoms with Crippen molar-refractivity contribution in [3.05, 3.63) is 112 Å². The number of rotatable bonds is 8. The Labute approximate surface area is 188 Å². The Kier molecular flexibility index (Phi) is 6.51. The fraction of sp³-hybridized carbons (Fsp3) is 0.0417. The van der Waals surface area contributed by atoms with E-state index in [0.29, 0.717) is 17.9 Å². The van der Waals surface area contributed by atoms with E-state index >= 15 is 0 Å². The van der Waals surface area contributed by atoms with Gasteiger partial charge in [0.2, 0.25) is 0 Å². The van der Waals surface area contributed by atoms with Gasteiger partial charge in [-0.05, 0) is 35.9 Å². The van der Waals surface area contributed by atoms with E-state index in [-0.39, 0.29) is 11.4 Å². The molecular weight excluding hydrogens is 422 g/mol. The second kappa shape index (κ2) is 10.0. The maximum absolute atomic E-state index is 12.3. The summed E-state index contributed by atoms with van der Waals surface area (Å²) in [6, 6.07) is 24.8. The zero-order valence-corrected chi connectivity index (χ0v) is 17.3. The molecule has 1 aromatic heterocycles. The van der Waals surface area contributed by atoms with Crippen LogP contribution in [0.2, 0.25) is 0 Å². The van der Waals surface area contributed by atoms with E-state index in [1.165, 1.54) is 18.3 Å². The molecule has 164 valence electrons. The summed E-state index contributed by atoms with van der Waals surface area (Å²) in [7, 11) is 0. The molecule has 9 heteroatoms. The molecule has 0 atom stereocenters. The molecule has 0 aliphatic rings. The molecule has 4 aromatic rings. The lowest BCUT2D eigenvalue weighted by atomic mass is 10.1. The molecule has 1 heterocycles. The topological polar surface area (TPSA) is 123 Å². The molecule has 3 aromatic carbocycles. The van der Waals surface area contributed by atoms with Crippen LogP contribution in [0.3, 0.4) is 0 Å². The predicted octanol–water partition coefficient (Wildman–Crippen LogP) is 4.33. The highest BCUT2D eigenvalue weighted by molar-refractivity contribution is 5.94. The number of nitro benzene ring substituents is 1. The van der Waals surface area contributed by atoms with Gasteiger partial charge in [0.05, 0.1) is 16.8 Å². The smallest absolute Gasteiger partial charge is 0.289 e. The third-order valence-electron chi connectivity index (χ3n) is 4.68. The van der Waals surface area contributed by atoms with Crippen LogP contribution >= 0.6 is 0 Å². The van der Waals surface area contributed by atoms with Crippen LogP contribution in [0.5, 0.6) is 5.75 Å². The summed E-state index contributed by atoms with van der Waals surface area (Å²) in [4.78, 5) is 22.6. The summed E-state index contributed by atoms with van der Waals surface area (Å²) >= 11 is 0. The number of aromatic nitrogens is 2. The Morgan fingerprint density at radius 3 is 2.61 bits per heavy atom. The molecule has 33 heavy (non-hydrogen) atoms. The molecule has 4 rings (SSSR count). The fourth-order valence-corrected chi connectivity index (χ4v) is 2.99. The average Bonchev–Trinajstić information content (AvgIpc) is 3.34. The quantitative estimate of drug-likeness (QED) is 0.239. The summed E-state index contributed by atoms with van der Waals surface area (Å²) in [5.41, 5.74) is 5.53. The van der Waals surface area contributed by atoms with Crippen molar-refractivity contribution in [1.82, 2.24) is 15.6 Å². The van der Waals surface area contributed by atoms with Crippen LogP contribution in [-0.2, 0) is 6.61 Å². The third kappa shape index (κ3) is 5.67. The minimum Gasteiger partial charge on any atom is -0.489 e. The number of aromatic amines is 1. The maximum Gasteiger partial charge on any atom is 0.289 e. The summed E-state index contributed by atoms with van der Waals surface area (Å²) in [6.45, 7) is 0.476. The van der Waals surface area contributed by atoms with E-state index in [9.17, 15) is 14.9 Å². The van der Waals surface area contributed by atoms with Crippen LogP contribution < -0.4 is 10.2 Å². The number of non-ortho nitro benzene ring substituents is 1. The summed E-state index contributed by atoms with van der Waals surface area (Å²) in [5, 5.41) is 21.5. The predicted molar refractivity (Wildman–Crippen MR) is 123 cm³/mol. The number of hydrazone groups is 1. The first-order valence-electron chi connectivity index (χ1n) is 9.99. The van der Waals surface area contributed by atoms with Gasteiger partial charge in [-0.1, -0.05) is 42.5 Å². The molecule has 0 saturated heterocycles. The number of hydrogen-bond donors (Lipinski definition) is 2. The summed E-state index contributed by atoms with van der Waals surface area (Å²) in [6.07, 6.45) is 1.33. The number of benzene rings is 3. The Bertz CT molecular complexity index is 1280. The Morgan fingerprint density at radius 1 is 1.06 bits per heavy atom. The van der Waals surface area contributed by atoms with Gasteiger partial charge in [0.25, 0.3) is 11.6 Å². The van der Waals surface area contributed by atoms with Crippen LogP contribution in [0.1, 0.15) is 21.6 Å². The first-order valence-corrected chi connectivity index (χ1v) is 9.99. The van der Waals surface area contributed by atoms with Crippen LogP contribution in [0, 0.1) is 10.1 Å². The molecule has 0 saturated carbocycles. The number of nitrogens with one attached hydrogen (secondary N) is 2. The average molecular weight is 441 g/mol. The first kappa shape index (κ1) is 21.4. The maximum atomic E-state index is 12.3. The minimum absolute atomic E-state index is 0.0556. The van der Waals surface area contributed by atoms with Gasteiger partial charge in [-0.15, -0.1) is 0 Å². The molecule has 2 N–H and O–H groups in total. The van der Waals surface area contributed by atoms with E-state index in [1.54, 1.807) is 18.2 Å². The third-order valence-corrected chi connectivity index (χ3v) is 4.68. The van der Waals surface area contributed by atoms with Crippen molar-refractivity contribution in [3.8, 4) is 17.0 Å². The Morgan fingerprint density at radius 2 is 1.85 bits per heavy atom. The lowest BCUT2D eigenvalue weighted by molar-refractivity contribution is -0.384. The largest absolute Gasteiger partial charge is 0.489 e. The SMILES string of the molecule is O=C(N/N=C/c1cccc([N+](=O)[O-])c1)c1cc(-c2ccc(OCc3ccccc3)cc2)n[nH]1. The molecule has 0 radical (unpaired) electrons. The van der Waals surface area contributed by atoms with E-state index in [1.807, 2.05) is 54.6 Å². The van der Waals surface area contributed by atoms with Crippen LogP contribution in [0.15, 0.2) is 90.0 Å². The van der Waals surface area contributed by atoms with Gasteiger partial charge in [-0.25, -0.2) is 5.43 Å². The normalized spacial score (nSPS) is 10.8. The number of ether oxygens (including phenoxy) is 1. The molecule has 0 bridgehead atoms. The second-order valence-electron chi connectivity index (χ2n) is 7.02. The van der Waals surface area contributed by atoms with Gasteiger partial charge in [0.15, 0.2) is 0 Å². The van der Waals surface area contributed by atoms with Crippen LogP contribution in [0.4, 0.5) is 5.69 Å². The lowest BCUT2D eigenvalue weighted by Crippen LogP contribution is -2.18. The number of H-pyrrole nitrogens is 1. The number of carbonyl (C=O) groups is 1. The highest BCUT2D eigenvalue weighted by Crippen LogP contribution is 2.22. The van der Waals surface area contributed by atoms with E-state index in [2.05, 4.69) is 20.7 Å². The fourth-order valence-electron chi connectivity index (χ4n) is 2.99. The Balaban J connectivity index is 1.34. The van der Waals surface area contributed by atoms with Gasteiger partial charge in [-0.2, -0.15) is 10.2 Å². The van der Waals surface area contributed by atoms with Crippen molar-refractivity contribution in [2.24, 2.45) is 5.10 Å². The zero-order valence-electron chi connectivity index (χ0n) is 17.3. The number of nitro groups is 1. The highest BCUT2D eigenvalue weighted by atomic mass is 16.6. The second-order valence-corrected chi connectivity index (χ2v) is 7.02. The van der Waals surface area contributed by atoms with Crippen molar-refractivity contribution < 1.29 is 14.5 Å². The number of amides is 1. The molecule has 0 aliphatic carbocycles. The summed E-state index contributed by atoms with van der Waals surface area (Å²) in [5.74, 6) is 0.241. The van der Waals surface area contributed by atoms with E-state index in [4.69, 9.17) is 4.74 Å². The zero-order chi connectivity index (χ0) is 23.0. The molecule has 0 spiro atoms. The van der Waals surface area contributed by atoms with E-state index < -0.39 is 10.8 Å². The van der Waals surface area contributed by atoms with Gasteiger partial charge in [-0.3, -0.25) is 20.0 Å². The number of hydrogen-bond acceptors (Lipinski definition) is 6. The Hall–Kier alpha value is -4.79. The monoisotopic (exact) mass is 441 g/mol. The van der Waals surface area contributed by atoms with Crippen molar-refractivity contribution in [1.29, 1.82) is 0 Å². The van der Waals surface area contributed by atoms with Gasteiger partial charge >= 0.3 is 0 Å². The van der Waals surface area contributed by atoms with Crippen LogP contribution in [-0.4, -0.2) is 27.2 Å². The lowest BCUT2D eigenvalue weighted by Gasteiger charge is -2.06. The minimum atomic E-state index is -0.496. The molecular formula is C24H19N5O4. The van der Waals surface area contributed by atoms with E-state index in [0.717, 1.165) is 16.9 Å². The van der Waals surface area contributed by atoms with Gasteiger partial charge in [0, 0.05) is 23.3 Å². The molecule has 0 fully saturated rings. The summed E-state index contributed by atoms with van der Waals surface area (Å²) < 4.78 is 5.78. The van der Waals surface area contributed by atoms with Crippen LogP contribution in [0.25, 0.3) is 11.3 Å². The standard InChI is InChI=1S/C24H19N5O4/c30-24(28-25-15-18-7-4-8-20(13-18)29(31)32)23-14-22(26-27-23)19-9-11-21(12-10-19)33-16-17-5-2-1-3-6-17/h1-15H,16H2,(H,26,27)(H,28,30)/b25-15+. The number of nitrogens with zero attached hydrogens (tertiary/aromatic N) is 3. The van der Waals surface area contributed by atoms with Crippen molar-refractivity contribution in [2.75, 3.05) is 0 Å². The van der Waals surface area contributed by atoms with Crippen molar-refractivity contribution in [2.45, 2.75) is 6.61 Å². The molecule has 0 aliphatic heterocycles. The molecule has 0 unspecified atom stereocenters. The molecule has 1 amide bonds. The first-order chi connectivity index (χ1) is 16.1. The van der Waals surface area contributed by atoms with Crippen molar-refractivity contribution >= 4 is 17.8 Å². The molecule has 9 nitrogen and oxygen atoms in total. The van der Waals surface area contributed by atoms with Crippen molar-refractivity contribution in [3.63, 3.8) is 0 Å². The number of carbonyl (C=O) groups excluding carboxylic acids is 1. The van der Waals surface area contributed by atoms with Gasteiger partial charge in [0.1, 0.15) is 18.1 Å².